The van der Waals surface area contributed by atoms with E-state index in [9.17, 15) is 9.59 Å². The summed E-state index contributed by atoms with van der Waals surface area (Å²) in [5, 5.41) is 8.63. The van der Waals surface area contributed by atoms with Crippen molar-refractivity contribution in [1.82, 2.24) is 9.88 Å². The fourth-order valence-electron chi connectivity index (χ4n) is 1.14. The molecule has 0 fully saturated rings. The van der Waals surface area contributed by atoms with E-state index in [1.54, 1.807) is 12.1 Å². The number of aromatic nitrogens is 1. The van der Waals surface area contributed by atoms with Gasteiger partial charge in [-0.15, -0.1) is 6.42 Å². The molecule has 0 atom stereocenters. The summed E-state index contributed by atoms with van der Waals surface area (Å²) in [6.45, 7) is -0.460. The SMILES string of the molecule is C#CCN(CC(=O)O)C(=O)c1cccnc1. The van der Waals surface area contributed by atoms with Gasteiger partial charge in [-0.3, -0.25) is 14.6 Å². The summed E-state index contributed by atoms with van der Waals surface area (Å²) in [6.07, 6.45) is 7.96. The number of carboxylic acid groups (broad SMARTS) is 1. The van der Waals surface area contributed by atoms with Crippen molar-refractivity contribution in [2.24, 2.45) is 0 Å². The van der Waals surface area contributed by atoms with Crippen molar-refractivity contribution in [3.63, 3.8) is 0 Å². The number of carboxylic acids is 1. The molecule has 5 nitrogen and oxygen atoms in total. The van der Waals surface area contributed by atoms with Gasteiger partial charge in [0.05, 0.1) is 12.1 Å². The number of terminal acetylenes is 1. The second-order valence-electron chi connectivity index (χ2n) is 3.00. The summed E-state index contributed by atoms with van der Waals surface area (Å²) < 4.78 is 0. The van der Waals surface area contributed by atoms with Gasteiger partial charge in [0.1, 0.15) is 6.54 Å². The molecular weight excluding hydrogens is 208 g/mol. The van der Waals surface area contributed by atoms with E-state index in [4.69, 9.17) is 11.5 Å². The summed E-state index contributed by atoms with van der Waals surface area (Å²) in [7, 11) is 0. The predicted molar refractivity (Wildman–Crippen MR) is 56.6 cm³/mol. The van der Waals surface area contributed by atoms with Gasteiger partial charge in [-0.2, -0.15) is 0 Å². The second-order valence-corrected chi connectivity index (χ2v) is 3.00. The van der Waals surface area contributed by atoms with E-state index in [2.05, 4.69) is 10.9 Å². The number of pyridine rings is 1. The molecule has 0 spiro atoms. The van der Waals surface area contributed by atoms with Gasteiger partial charge >= 0.3 is 5.97 Å². The molecule has 1 N–H and O–H groups in total. The molecule has 0 aliphatic carbocycles. The maximum Gasteiger partial charge on any atom is 0.323 e. The normalized spacial score (nSPS) is 9.19. The summed E-state index contributed by atoms with van der Waals surface area (Å²) in [4.78, 5) is 27.2. The molecular formula is C11H10N2O3. The molecule has 16 heavy (non-hydrogen) atoms. The zero-order chi connectivity index (χ0) is 12.0. The number of nitrogens with zero attached hydrogens (tertiary/aromatic N) is 2. The number of hydrogen-bond acceptors (Lipinski definition) is 3. The maximum atomic E-state index is 11.8. The van der Waals surface area contributed by atoms with E-state index in [0.29, 0.717) is 5.56 Å². The van der Waals surface area contributed by atoms with Crippen LogP contribution in [0.1, 0.15) is 10.4 Å². The number of hydrogen-bond donors (Lipinski definition) is 1. The number of aliphatic carboxylic acids is 1. The van der Waals surface area contributed by atoms with Crippen LogP contribution in [0.5, 0.6) is 0 Å². The second kappa shape index (κ2) is 5.51. The van der Waals surface area contributed by atoms with Crippen molar-refractivity contribution in [2.45, 2.75) is 0 Å². The zero-order valence-electron chi connectivity index (χ0n) is 8.46. The lowest BCUT2D eigenvalue weighted by molar-refractivity contribution is -0.137. The van der Waals surface area contributed by atoms with E-state index in [1.807, 2.05) is 0 Å². The highest BCUT2D eigenvalue weighted by Crippen LogP contribution is 2.02. The van der Waals surface area contributed by atoms with Gasteiger partial charge < -0.3 is 10.0 Å². The number of carbonyl (C=O) groups is 2. The Morgan fingerprint density at radius 1 is 1.56 bits per heavy atom. The highest BCUT2D eigenvalue weighted by atomic mass is 16.4. The van der Waals surface area contributed by atoms with Crippen LogP contribution in [0.25, 0.3) is 0 Å². The molecule has 0 bridgehead atoms. The van der Waals surface area contributed by atoms with Gasteiger partial charge in [0.25, 0.3) is 5.91 Å². The van der Waals surface area contributed by atoms with E-state index in [-0.39, 0.29) is 6.54 Å². The molecule has 0 aliphatic heterocycles. The summed E-state index contributed by atoms with van der Waals surface area (Å²) in [6, 6.07) is 3.16. The number of amides is 1. The third-order valence-corrected chi connectivity index (χ3v) is 1.80. The molecule has 0 radical (unpaired) electrons. The molecule has 1 rings (SSSR count). The van der Waals surface area contributed by atoms with Crippen molar-refractivity contribution in [2.75, 3.05) is 13.1 Å². The molecule has 0 unspecified atom stereocenters. The Morgan fingerprint density at radius 2 is 2.31 bits per heavy atom. The van der Waals surface area contributed by atoms with Crippen LogP contribution >= 0.6 is 0 Å². The largest absolute Gasteiger partial charge is 0.480 e. The highest BCUT2D eigenvalue weighted by molar-refractivity contribution is 5.95. The summed E-state index contributed by atoms with van der Waals surface area (Å²) in [5.74, 6) is 0.704. The minimum Gasteiger partial charge on any atom is -0.480 e. The van der Waals surface area contributed by atoms with Crippen molar-refractivity contribution >= 4 is 11.9 Å². The minimum atomic E-state index is -1.10. The fraction of sp³-hybridized carbons (Fsp3) is 0.182. The third kappa shape index (κ3) is 3.10. The van der Waals surface area contributed by atoms with Crippen molar-refractivity contribution < 1.29 is 14.7 Å². The molecule has 0 saturated heterocycles. The van der Waals surface area contributed by atoms with Crippen molar-refractivity contribution in [3.05, 3.63) is 30.1 Å². The monoisotopic (exact) mass is 218 g/mol. The van der Waals surface area contributed by atoms with Crippen LogP contribution in [0.15, 0.2) is 24.5 Å². The molecule has 0 aromatic carbocycles. The summed E-state index contributed by atoms with van der Waals surface area (Å²) in [5.41, 5.74) is 0.319. The Bertz CT molecular complexity index is 423. The van der Waals surface area contributed by atoms with Crippen LogP contribution in [-0.2, 0) is 4.79 Å². The Kier molecular flexibility index (Phi) is 4.04. The number of rotatable bonds is 4. The van der Waals surface area contributed by atoms with Gasteiger partial charge in [-0.25, -0.2) is 0 Å². The van der Waals surface area contributed by atoms with E-state index in [1.165, 1.54) is 12.4 Å². The Hall–Kier alpha value is -2.35. The predicted octanol–water partition coefficient (Wildman–Crippen LogP) is 0.242. The first-order valence-electron chi connectivity index (χ1n) is 4.49. The maximum absolute atomic E-state index is 11.8. The topological polar surface area (TPSA) is 70.5 Å². The highest BCUT2D eigenvalue weighted by Gasteiger charge is 2.17. The first kappa shape index (κ1) is 11.7. The van der Waals surface area contributed by atoms with Crippen LogP contribution in [-0.4, -0.2) is 40.0 Å². The van der Waals surface area contributed by atoms with Crippen molar-refractivity contribution in [3.8, 4) is 12.3 Å². The van der Waals surface area contributed by atoms with Gasteiger partial charge in [0.2, 0.25) is 0 Å². The molecule has 1 heterocycles. The van der Waals surface area contributed by atoms with Crippen LogP contribution in [0.3, 0.4) is 0 Å². The molecule has 82 valence electrons. The fourth-order valence-corrected chi connectivity index (χ4v) is 1.14. The van der Waals surface area contributed by atoms with Crippen LogP contribution in [0.4, 0.5) is 0 Å². The molecule has 5 heteroatoms. The van der Waals surface area contributed by atoms with E-state index < -0.39 is 18.4 Å². The molecule has 0 saturated carbocycles. The van der Waals surface area contributed by atoms with Crippen LogP contribution < -0.4 is 0 Å². The Morgan fingerprint density at radius 3 is 2.81 bits per heavy atom. The Balaban J connectivity index is 2.84. The quantitative estimate of drug-likeness (QED) is 0.735. The minimum absolute atomic E-state index is 0.0416. The van der Waals surface area contributed by atoms with Crippen LogP contribution in [0.2, 0.25) is 0 Å². The van der Waals surface area contributed by atoms with Gasteiger partial charge in [-0.05, 0) is 12.1 Å². The molecule has 1 aromatic rings. The van der Waals surface area contributed by atoms with Crippen molar-refractivity contribution in [1.29, 1.82) is 0 Å². The average Bonchev–Trinajstić information content (AvgIpc) is 2.28. The lowest BCUT2D eigenvalue weighted by atomic mass is 10.2. The first-order valence-corrected chi connectivity index (χ1v) is 4.49. The van der Waals surface area contributed by atoms with Gasteiger partial charge in [0, 0.05) is 12.4 Å². The molecule has 0 aliphatic rings. The molecule has 1 amide bonds. The average molecular weight is 218 g/mol. The zero-order valence-corrected chi connectivity index (χ0v) is 8.46. The standard InChI is InChI=1S/C11H10N2O3/c1-2-6-13(8-10(14)15)11(16)9-4-3-5-12-7-9/h1,3-5,7H,6,8H2,(H,14,15). The number of carbonyl (C=O) groups excluding carboxylic acids is 1. The van der Waals surface area contributed by atoms with E-state index in [0.717, 1.165) is 4.90 Å². The smallest absolute Gasteiger partial charge is 0.323 e. The summed E-state index contributed by atoms with van der Waals surface area (Å²) >= 11 is 0. The lowest BCUT2D eigenvalue weighted by Gasteiger charge is -2.17. The van der Waals surface area contributed by atoms with Gasteiger partial charge in [-0.1, -0.05) is 5.92 Å². The Labute approximate surface area is 92.7 Å². The van der Waals surface area contributed by atoms with E-state index >= 15 is 0 Å². The molecule has 1 aromatic heterocycles. The van der Waals surface area contributed by atoms with Crippen LogP contribution in [0, 0.1) is 12.3 Å². The first-order chi connectivity index (χ1) is 7.65. The van der Waals surface area contributed by atoms with Gasteiger partial charge in [0.15, 0.2) is 0 Å². The third-order valence-electron chi connectivity index (χ3n) is 1.80. The lowest BCUT2D eigenvalue weighted by Crippen LogP contribution is -2.36.